The fourth-order valence-electron chi connectivity index (χ4n) is 3.19. The van der Waals surface area contributed by atoms with Crippen molar-refractivity contribution in [2.45, 2.75) is 71.8 Å². The van der Waals surface area contributed by atoms with Gasteiger partial charge in [-0.2, -0.15) is 0 Å². The van der Waals surface area contributed by atoms with Crippen molar-refractivity contribution in [3.63, 3.8) is 0 Å². The molecule has 1 amide bonds. The van der Waals surface area contributed by atoms with Crippen LogP contribution in [-0.2, 0) is 16.6 Å². The number of ether oxygens (including phenoxy) is 2. The second-order valence-corrected chi connectivity index (χ2v) is 8.64. The zero-order valence-corrected chi connectivity index (χ0v) is 19.2. The van der Waals surface area contributed by atoms with Crippen LogP contribution in [0.5, 0.6) is 11.5 Å². The number of amides is 1. The van der Waals surface area contributed by atoms with Gasteiger partial charge in [-0.1, -0.05) is 65.0 Å². The van der Waals surface area contributed by atoms with Gasteiger partial charge in [-0.05, 0) is 60.4 Å². The van der Waals surface area contributed by atoms with Crippen LogP contribution in [0.25, 0.3) is 0 Å². The summed E-state index contributed by atoms with van der Waals surface area (Å²) in [5.74, 6) is 1.61. The summed E-state index contributed by atoms with van der Waals surface area (Å²) in [6.45, 7) is 11.9. The molecule has 1 N–H and O–H groups in total. The molecule has 0 radical (unpaired) electrons. The molecule has 0 aliphatic rings. The fraction of sp³-hybridized carbons (Fsp3) is 0.500. The highest BCUT2D eigenvalue weighted by atomic mass is 16.5. The number of para-hydroxylation sites is 1. The van der Waals surface area contributed by atoms with Crippen molar-refractivity contribution in [3.05, 3.63) is 59.7 Å². The van der Waals surface area contributed by atoms with Crippen LogP contribution in [0.15, 0.2) is 48.5 Å². The second-order valence-electron chi connectivity index (χ2n) is 8.64. The van der Waals surface area contributed by atoms with Gasteiger partial charge in [0.2, 0.25) is 0 Å². The zero-order chi connectivity index (χ0) is 22.0. The summed E-state index contributed by atoms with van der Waals surface area (Å²) in [4.78, 5) is 12.6. The van der Waals surface area contributed by atoms with E-state index in [0.717, 1.165) is 37.4 Å². The SMILES string of the molecule is CCCOc1ccccc1CCCNC(=O)[C@@H](CC)Oc1ccc(C(C)(C)C)cc1. The number of hydrogen-bond acceptors (Lipinski definition) is 3. The largest absolute Gasteiger partial charge is 0.493 e. The molecular weight excluding hydrogens is 374 g/mol. The Morgan fingerprint density at radius 3 is 2.37 bits per heavy atom. The molecule has 0 spiro atoms. The van der Waals surface area contributed by atoms with Crippen LogP contribution in [0.2, 0.25) is 0 Å². The van der Waals surface area contributed by atoms with Gasteiger partial charge in [-0.15, -0.1) is 0 Å². The van der Waals surface area contributed by atoms with Gasteiger partial charge in [-0.25, -0.2) is 0 Å². The van der Waals surface area contributed by atoms with Gasteiger partial charge in [0.05, 0.1) is 6.61 Å². The highest BCUT2D eigenvalue weighted by Gasteiger charge is 2.19. The lowest BCUT2D eigenvalue weighted by atomic mass is 9.87. The molecule has 164 valence electrons. The van der Waals surface area contributed by atoms with E-state index in [9.17, 15) is 4.79 Å². The van der Waals surface area contributed by atoms with E-state index in [0.29, 0.717) is 13.0 Å². The zero-order valence-electron chi connectivity index (χ0n) is 19.2. The smallest absolute Gasteiger partial charge is 0.261 e. The average Bonchev–Trinajstić information content (AvgIpc) is 2.73. The molecule has 2 aromatic carbocycles. The van der Waals surface area contributed by atoms with Gasteiger partial charge >= 0.3 is 0 Å². The maximum Gasteiger partial charge on any atom is 0.261 e. The Labute approximate surface area is 182 Å². The predicted molar refractivity (Wildman–Crippen MR) is 123 cm³/mol. The van der Waals surface area contributed by atoms with Crippen LogP contribution in [0.4, 0.5) is 0 Å². The third-order valence-electron chi connectivity index (χ3n) is 5.02. The Bertz CT molecular complexity index is 778. The van der Waals surface area contributed by atoms with Crippen molar-refractivity contribution >= 4 is 5.91 Å². The molecular formula is C26H37NO3. The first-order valence-electron chi connectivity index (χ1n) is 11.1. The molecule has 4 heteroatoms. The van der Waals surface area contributed by atoms with Crippen molar-refractivity contribution in [3.8, 4) is 11.5 Å². The van der Waals surface area contributed by atoms with Gasteiger partial charge in [0, 0.05) is 6.54 Å². The van der Waals surface area contributed by atoms with Gasteiger partial charge < -0.3 is 14.8 Å². The van der Waals surface area contributed by atoms with Crippen LogP contribution < -0.4 is 14.8 Å². The molecule has 4 nitrogen and oxygen atoms in total. The first kappa shape index (κ1) is 23.8. The van der Waals surface area contributed by atoms with Crippen molar-refractivity contribution < 1.29 is 14.3 Å². The molecule has 0 bridgehead atoms. The van der Waals surface area contributed by atoms with E-state index in [4.69, 9.17) is 9.47 Å². The average molecular weight is 412 g/mol. The highest BCUT2D eigenvalue weighted by molar-refractivity contribution is 5.81. The Hall–Kier alpha value is -2.49. The molecule has 0 aliphatic carbocycles. The first-order chi connectivity index (χ1) is 14.3. The van der Waals surface area contributed by atoms with Crippen LogP contribution in [0, 0.1) is 0 Å². The van der Waals surface area contributed by atoms with Crippen molar-refractivity contribution in [1.29, 1.82) is 0 Å². The van der Waals surface area contributed by atoms with E-state index in [-0.39, 0.29) is 11.3 Å². The maximum absolute atomic E-state index is 12.6. The maximum atomic E-state index is 12.6. The number of carbonyl (C=O) groups excluding carboxylic acids is 1. The minimum absolute atomic E-state index is 0.0621. The first-order valence-corrected chi connectivity index (χ1v) is 11.1. The number of nitrogens with one attached hydrogen (secondary N) is 1. The Morgan fingerprint density at radius 2 is 1.73 bits per heavy atom. The minimum atomic E-state index is -0.481. The quantitative estimate of drug-likeness (QED) is 0.484. The summed E-state index contributed by atoms with van der Waals surface area (Å²) in [5.41, 5.74) is 2.53. The van der Waals surface area contributed by atoms with E-state index < -0.39 is 6.10 Å². The number of aryl methyl sites for hydroxylation is 1. The minimum Gasteiger partial charge on any atom is -0.493 e. The highest BCUT2D eigenvalue weighted by Crippen LogP contribution is 2.25. The van der Waals surface area contributed by atoms with Gasteiger partial charge in [0.15, 0.2) is 6.10 Å². The Balaban J connectivity index is 1.82. The van der Waals surface area contributed by atoms with E-state index in [1.54, 1.807) is 0 Å². The van der Waals surface area contributed by atoms with Crippen LogP contribution in [0.3, 0.4) is 0 Å². The summed E-state index contributed by atoms with van der Waals surface area (Å²) in [6, 6.07) is 16.1. The standard InChI is InChI=1S/C26H37NO3/c1-6-19-29-24-13-9-8-11-20(24)12-10-18-27-25(28)23(7-2)30-22-16-14-21(15-17-22)26(3,4)5/h8-9,11,13-17,23H,6-7,10,12,18-19H2,1-5H3,(H,27,28)/t23-/m1/s1. The number of benzene rings is 2. The van der Waals surface area contributed by atoms with Crippen molar-refractivity contribution in [2.24, 2.45) is 0 Å². The molecule has 2 aromatic rings. The normalized spacial score (nSPS) is 12.3. The topological polar surface area (TPSA) is 47.6 Å². The Kier molecular flexibility index (Phi) is 9.22. The summed E-state index contributed by atoms with van der Waals surface area (Å²) < 4.78 is 11.7. The molecule has 0 aromatic heterocycles. The molecule has 0 heterocycles. The number of hydrogen-bond donors (Lipinski definition) is 1. The molecule has 30 heavy (non-hydrogen) atoms. The lowest BCUT2D eigenvalue weighted by Gasteiger charge is -2.21. The Morgan fingerprint density at radius 1 is 1.03 bits per heavy atom. The van der Waals surface area contributed by atoms with Gasteiger partial charge in [-0.3, -0.25) is 4.79 Å². The lowest BCUT2D eigenvalue weighted by Crippen LogP contribution is -2.38. The van der Waals surface area contributed by atoms with Crippen LogP contribution in [0.1, 0.15) is 65.0 Å². The molecule has 0 fully saturated rings. The predicted octanol–water partition coefficient (Wildman–Crippen LogP) is 5.68. The van der Waals surface area contributed by atoms with Gasteiger partial charge in [0.1, 0.15) is 11.5 Å². The van der Waals surface area contributed by atoms with E-state index in [1.807, 2.05) is 37.3 Å². The van der Waals surface area contributed by atoms with Crippen LogP contribution in [-0.4, -0.2) is 25.2 Å². The third kappa shape index (κ3) is 7.40. The third-order valence-corrected chi connectivity index (χ3v) is 5.02. The molecule has 0 saturated heterocycles. The molecule has 0 saturated carbocycles. The van der Waals surface area contributed by atoms with Crippen LogP contribution >= 0.6 is 0 Å². The summed E-state index contributed by atoms with van der Waals surface area (Å²) in [5, 5.41) is 3.02. The summed E-state index contributed by atoms with van der Waals surface area (Å²) >= 11 is 0. The van der Waals surface area contributed by atoms with E-state index in [1.165, 1.54) is 11.1 Å². The van der Waals surface area contributed by atoms with E-state index >= 15 is 0 Å². The fourth-order valence-corrected chi connectivity index (χ4v) is 3.19. The summed E-state index contributed by atoms with van der Waals surface area (Å²) in [6.07, 6.45) is 2.86. The number of rotatable bonds is 11. The lowest BCUT2D eigenvalue weighted by molar-refractivity contribution is -0.128. The monoisotopic (exact) mass is 411 g/mol. The van der Waals surface area contributed by atoms with Crippen molar-refractivity contribution in [2.75, 3.05) is 13.2 Å². The molecule has 0 aliphatic heterocycles. The van der Waals surface area contributed by atoms with Gasteiger partial charge in [0.25, 0.3) is 5.91 Å². The second kappa shape index (κ2) is 11.6. The van der Waals surface area contributed by atoms with Crippen molar-refractivity contribution in [1.82, 2.24) is 5.32 Å². The number of carbonyl (C=O) groups is 1. The molecule has 0 unspecified atom stereocenters. The molecule has 1 atom stereocenters. The molecule has 2 rings (SSSR count). The van der Waals surface area contributed by atoms with E-state index in [2.05, 4.69) is 51.2 Å². The summed E-state index contributed by atoms with van der Waals surface area (Å²) in [7, 11) is 0.